The molecule has 1 heterocycles. The molecule has 1 N–H and O–H groups in total. The second-order valence-corrected chi connectivity index (χ2v) is 3.76. The highest BCUT2D eigenvalue weighted by molar-refractivity contribution is 5.18. The summed E-state index contributed by atoms with van der Waals surface area (Å²) < 4.78 is 0. The van der Waals surface area contributed by atoms with Crippen LogP contribution in [0.15, 0.2) is 18.3 Å². The fourth-order valence-electron chi connectivity index (χ4n) is 0.949. The molecular weight excluding hydrogens is 150 g/mol. The molecule has 0 amide bonds. The van der Waals surface area contributed by atoms with Gasteiger partial charge in [0.25, 0.3) is 0 Å². The maximum absolute atomic E-state index is 9.08. The number of aliphatic hydroxyl groups excluding tert-OH is 1. The van der Waals surface area contributed by atoms with Crippen LogP contribution < -0.4 is 0 Å². The summed E-state index contributed by atoms with van der Waals surface area (Å²) in [6.07, 6.45) is 1.83. The van der Waals surface area contributed by atoms with Crippen LogP contribution in [0.5, 0.6) is 0 Å². The molecule has 0 fully saturated rings. The number of aliphatic hydroxyl groups is 1. The second-order valence-electron chi connectivity index (χ2n) is 3.76. The zero-order valence-electron chi connectivity index (χ0n) is 7.83. The first-order valence-electron chi connectivity index (χ1n) is 4.10. The number of rotatable bonds is 2. The largest absolute Gasteiger partial charge is 0.395 e. The third-order valence-electron chi connectivity index (χ3n) is 2.00. The molecule has 1 aromatic rings. The van der Waals surface area contributed by atoms with Gasteiger partial charge in [-0.05, 0) is 18.6 Å². The SMILES string of the molecule is Cc1ccc(C(C)(C)CO)nc1. The van der Waals surface area contributed by atoms with Crippen molar-refractivity contribution in [1.29, 1.82) is 0 Å². The second kappa shape index (κ2) is 3.23. The van der Waals surface area contributed by atoms with E-state index in [2.05, 4.69) is 4.98 Å². The highest BCUT2D eigenvalue weighted by Gasteiger charge is 2.20. The van der Waals surface area contributed by atoms with Crippen molar-refractivity contribution in [2.45, 2.75) is 26.2 Å². The molecule has 0 aliphatic rings. The minimum Gasteiger partial charge on any atom is -0.395 e. The van der Waals surface area contributed by atoms with Crippen LogP contribution >= 0.6 is 0 Å². The van der Waals surface area contributed by atoms with Gasteiger partial charge in [-0.2, -0.15) is 0 Å². The van der Waals surface area contributed by atoms with Crippen molar-refractivity contribution in [2.24, 2.45) is 0 Å². The lowest BCUT2D eigenvalue weighted by molar-refractivity contribution is 0.215. The maximum atomic E-state index is 9.08. The Balaban J connectivity index is 2.96. The molecule has 12 heavy (non-hydrogen) atoms. The molecule has 2 heteroatoms. The molecule has 0 atom stereocenters. The van der Waals surface area contributed by atoms with Crippen LogP contribution in [0.3, 0.4) is 0 Å². The van der Waals surface area contributed by atoms with Crippen molar-refractivity contribution in [1.82, 2.24) is 4.98 Å². The smallest absolute Gasteiger partial charge is 0.0537 e. The lowest BCUT2D eigenvalue weighted by Gasteiger charge is -2.20. The van der Waals surface area contributed by atoms with Gasteiger partial charge in [0.15, 0.2) is 0 Å². The molecule has 0 spiro atoms. The number of aryl methyl sites for hydroxylation is 1. The summed E-state index contributed by atoms with van der Waals surface area (Å²) in [5.74, 6) is 0. The average Bonchev–Trinajstić information content (AvgIpc) is 2.05. The normalized spacial score (nSPS) is 11.7. The number of nitrogens with zero attached hydrogens (tertiary/aromatic N) is 1. The number of hydrogen-bond donors (Lipinski definition) is 1. The van der Waals surface area contributed by atoms with Crippen molar-refractivity contribution in [3.63, 3.8) is 0 Å². The first-order valence-corrected chi connectivity index (χ1v) is 4.10. The van der Waals surface area contributed by atoms with Crippen LogP contribution in [0.2, 0.25) is 0 Å². The van der Waals surface area contributed by atoms with E-state index in [0.29, 0.717) is 0 Å². The van der Waals surface area contributed by atoms with Crippen molar-refractivity contribution in [3.8, 4) is 0 Å². The van der Waals surface area contributed by atoms with Crippen molar-refractivity contribution >= 4 is 0 Å². The van der Waals surface area contributed by atoms with Crippen LogP contribution in [-0.2, 0) is 5.41 Å². The summed E-state index contributed by atoms with van der Waals surface area (Å²) in [5.41, 5.74) is 1.86. The highest BCUT2D eigenvalue weighted by Crippen LogP contribution is 2.19. The summed E-state index contributed by atoms with van der Waals surface area (Å²) in [5, 5.41) is 9.08. The third kappa shape index (κ3) is 1.83. The van der Waals surface area contributed by atoms with Gasteiger partial charge in [-0.3, -0.25) is 4.98 Å². The predicted octanol–water partition coefficient (Wildman–Crippen LogP) is 1.66. The van der Waals surface area contributed by atoms with E-state index in [1.807, 2.05) is 39.1 Å². The van der Waals surface area contributed by atoms with Crippen LogP contribution in [-0.4, -0.2) is 16.7 Å². The first kappa shape index (κ1) is 9.20. The lowest BCUT2D eigenvalue weighted by Crippen LogP contribution is -2.23. The topological polar surface area (TPSA) is 33.1 Å². The average molecular weight is 165 g/mol. The van der Waals surface area contributed by atoms with E-state index >= 15 is 0 Å². The van der Waals surface area contributed by atoms with E-state index in [0.717, 1.165) is 11.3 Å². The van der Waals surface area contributed by atoms with Gasteiger partial charge in [0.1, 0.15) is 0 Å². The van der Waals surface area contributed by atoms with Crippen LogP contribution in [0.1, 0.15) is 25.1 Å². The number of aromatic nitrogens is 1. The molecule has 0 aliphatic carbocycles. The van der Waals surface area contributed by atoms with Gasteiger partial charge in [-0.15, -0.1) is 0 Å². The van der Waals surface area contributed by atoms with Gasteiger partial charge in [0.05, 0.1) is 6.61 Å². The minimum atomic E-state index is -0.228. The van der Waals surface area contributed by atoms with E-state index in [9.17, 15) is 0 Å². The Bertz CT molecular complexity index is 251. The molecule has 0 unspecified atom stereocenters. The molecule has 2 nitrogen and oxygen atoms in total. The molecule has 0 aromatic carbocycles. The highest BCUT2D eigenvalue weighted by atomic mass is 16.3. The van der Waals surface area contributed by atoms with Crippen molar-refractivity contribution in [3.05, 3.63) is 29.6 Å². The zero-order valence-corrected chi connectivity index (χ0v) is 7.83. The maximum Gasteiger partial charge on any atom is 0.0537 e. The standard InChI is InChI=1S/C10H15NO/c1-8-4-5-9(11-6-8)10(2,3)7-12/h4-6,12H,7H2,1-3H3. The molecule has 0 bridgehead atoms. The minimum absolute atomic E-state index is 0.128. The Morgan fingerprint density at radius 1 is 1.42 bits per heavy atom. The van der Waals surface area contributed by atoms with Crippen molar-refractivity contribution < 1.29 is 5.11 Å². The van der Waals surface area contributed by atoms with Crippen LogP contribution in [0, 0.1) is 6.92 Å². The summed E-state index contributed by atoms with van der Waals surface area (Å²) in [6, 6.07) is 3.98. The summed E-state index contributed by atoms with van der Waals surface area (Å²) >= 11 is 0. The van der Waals surface area contributed by atoms with Gasteiger partial charge in [-0.1, -0.05) is 19.9 Å². The van der Waals surface area contributed by atoms with E-state index in [4.69, 9.17) is 5.11 Å². The summed E-state index contributed by atoms with van der Waals surface area (Å²) in [4.78, 5) is 4.26. The Kier molecular flexibility index (Phi) is 2.48. The Hall–Kier alpha value is -0.890. The molecule has 66 valence electrons. The number of pyridine rings is 1. The van der Waals surface area contributed by atoms with Gasteiger partial charge in [0.2, 0.25) is 0 Å². The van der Waals surface area contributed by atoms with E-state index in [1.165, 1.54) is 0 Å². The Labute approximate surface area is 73.3 Å². The van der Waals surface area contributed by atoms with Gasteiger partial charge in [0, 0.05) is 17.3 Å². The van der Waals surface area contributed by atoms with Crippen molar-refractivity contribution in [2.75, 3.05) is 6.61 Å². The Morgan fingerprint density at radius 2 is 2.08 bits per heavy atom. The van der Waals surface area contributed by atoms with Gasteiger partial charge in [-0.25, -0.2) is 0 Å². The van der Waals surface area contributed by atoms with E-state index in [1.54, 1.807) is 0 Å². The van der Waals surface area contributed by atoms with E-state index < -0.39 is 0 Å². The molecule has 1 rings (SSSR count). The lowest BCUT2D eigenvalue weighted by atomic mass is 9.90. The summed E-state index contributed by atoms with van der Waals surface area (Å²) in [6.45, 7) is 6.08. The number of hydrogen-bond acceptors (Lipinski definition) is 2. The molecular formula is C10H15NO. The first-order chi connectivity index (χ1) is 5.56. The Morgan fingerprint density at radius 3 is 2.50 bits per heavy atom. The predicted molar refractivity (Wildman–Crippen MR) is 49.1 cm³/mol. The quantitative estimate of drug-likeness (QED) is 0.723. The molecule has 1 aromatic heterocycles. The van der Waals surface area contributed by atoms with Crippen LogP contribution in [0.4, 0.5) is 0 Å². The van der Waals surface area contributed by atoms with Gasteiger partial charge >= 0.3 is 0 Å². The monoisotopic (exact) mass is 165 g/mol. The summed E-state index contributed by atoms with van der Waals surface area (Å²) in [7, 11) is 0. The fourth-order valence-corrected chi connectivity index (χ4v) is 0.949. The third-order valence-corrected chi connectivity index (χ3v) is 2.00. The van der Waals surface area contributed by atoms with Crippen LogP contribution in [0.25, 0.3) is 0 Å². The zero-order chi connectivity index (χ0) is 9.19. The van der Waals surface area contributed by atoms with E-state index in [-0.39, 0.29) is 12.0 Å². The molecule has 0 saturated heterocycles. The fraction of sp³-hybridized carbons (Fsp3) is 0.500. The molecule has 0 radical (unpaired) electrons. The molecule has 0 saturated carbocycles. The van der Waals surface area contributed by atoms with Gasteiger partial charge < -0.3 is 5.11 Å². The molecule has 0 aliphatic heterocycles.